The van der Waals surface area contributed by atoms with Crippen LogP contribution in [-0.4, -0.2) is 53.1 Å². The lowest BCUT2D eigenvalue weighted by molar-refractivity contribution is -0.143. The number of hydrogen-bond acceptors (Lipinski definition) is 3. The van der Waals surface area contributed by atoms with E-state index in [1.54, 1.807) is 6.20 Å². The van der Waals surface area contributed by atoms with Crippen molar-refractivity contribution in [3.8, 4) is 0 Å². The van der Waals surface area contributed by atoms with Crippen molar-refractivity contribution in [2.24, 2.45) is 0 Å². The highest BCUT2D eigenvalue weighted by molar-refractivity contribution is 6.32. The van der Waals surface area contributed by atoms with Gasteiger partial charge >= 0.3 is 0 Å². The maximum Gasteiger partial charge on any atom is 0.120 e. The molecule has 3 heterocycles. The van der Waals surface area contributed by atoms with E-state index < -0.39 is 6.17 Å². The number of ether oxygens (including phenoxy) is 1. The monoisotopic (exact) mass is 323 g/mol. The van der Waals surface area contributed by atoms with E-state index in [1.165, 1.54) is 0 Å². The van der Waals surface area contributed by atoms with Crippen molar-refractivity contribution in [3.63, 3.8) is 0 Å². The average Bonchev–Trinajstić information content (AvgIpc) is 2.91. The first-order valence-corrected chi connectivity index (χ1v) is 8.04. The third-order valence-corrected chi connectivity index (χ3v) is 5.42. The molecule has 6 heteroatoms. The molecule has 22 heavy (non-hydrogen) atoms. The lowest BCUT2D eigenvalue weighted by Gasteiger charge is -2.50. The number of nitrogens with zero attached hydrogens (tertiary/aromatic N) is 2. The molecular formula is C16H19ClFN3O. The topological polar surface area (TPSA) is 41.2 Å². The first kappa shape index (κ1) is 14.4. The summed E-state index contributed by atoms with van der Waals surface area (Å²) in [5.74, 6) is -0.152. The number of benzene rings is 1. The Kier molecular flexibility index (Phi) is 3.40. The number of halogens is 2. The minimum Gasteiger partial charge on any atom is -0.377 e. The highest BCUT2D eigenvalue weighted by atomic mass is 35.5. The van der Waals surface area contributed by atoms with Crippen LogP contribution in [0.2, 0.25) is 5.02 Å². The molecule has 0 bridgehead atoms. The predicted molar refractivity (Wildman–Crippen MR) is 84.2 cm³/mol. The second-order valence-corrected chi connectivity index (χ2v) is 7.09. The SMILES string of the molecule is CC1(N2CC[C@@H](c3cc4[nH]ncc4cc3Cl)[C@H](F)C2)COC1. The van der Waals surface area contributed by atoms with Crippen molar-refractivity contribution in [1.82, 2.24) is 15.1 Å². The molecule has 2 saturated heterocycles. The molecule has 0 radical (unpaired) electrons. The molecule has 0 amide bonds. The smallest absolute Gasteiger partial charge is 0.120 e. The number of piperidine rings is 1. The van der Waals surface area contributed by atoms with Gasteiger partial charge in [0.15, 0.2) is 0 Å². The lowest BCUT2D eigenvalue weighted by Crippen LogP contribution is -2.63. The van der Waals surface area contributed by atoms with Crippen molar-refractivity contribution in [2.45, 2.75) is 31.0 Å². The van der Waals surface area contributed by atoms with E-state index >= 15 is 0 Å². The fourth-order valence-electron chi connectivity index (χ4n) is 3.59. The molecule has 2 aromatic rings. The summed E-state index contributed by atoms with van der Waals surface area (Å²) >= 11 is 6.38. The molecule has 2 atom stereocenters. The van der Waals surface area contributed by atoms with Gasteiger partial charge < -0.3 is 4.74 Å². The second kappa shape index (κ2) is 5.18. The van der Waals surface area contributed by atoms with Crippen LogP contribution in [-0.2, 0) is 4.74 Å². The molecule has 4 rings (SSSR count). The normalized spacial score (nSPS) is 28.7. The summed E-state index contributed by atoms with van der Waals surface area (Å²) in [7, 11) is 0. The Hall–Kier alpha value is -1.17. The molecule has 0 spiro atoms. The molecule has 1 aromatic heterocycles. The van der Waals surface area contributed by atoms with Gasteiger partial charge in [-0.2, -0.15) is 5.10 Å². The summed E-state index contributed by atoms with van der Waals surface area (Å²) in [5.41, 5.74) is 1.81. The number of aromatic amines is 1. The van der Waals surface area contributed by atoms with Crippen LogP contribution in [0.3, 0.4) is 0 Å². The minimum absolute atomic E-state index is 0.00638. The molecule has 118 valence electrons. The number of aromatic nitrogens is 2. The summed E-state index contributed by atoms with van der Waals surface area (Å²) in [6.45, 7) is 4.87. The molecule has 2 aliphatic heterocycles. The van der Waals surface area contributed by atoms with Crippen LogP contribution in [0, 0.1) is 0 Å². The standard InChI is InChI=1S/C16H19ClFN3O/c1-16(8-22-9-16)21-3-2-11(14(18)7-21)12-5-15-10(4-13(12)17)6-19-20-15/h4-6,11,14H,2-3,7-9H2,1H3,(H,19,20)/t11-,14+/m0/s1. The van der Waals surface area contributed by atoms with Crippen LogP contribution in [0.1, 0.15) is 24.8 Å². The van der Waals surface area contributed by atoms with E-state index in [-0.39, 0.29) is 11.5 Å². The van der Waals surface area contributed by atoms with Gasteiger partial charge in [-0.15, -0.1) is 0 Å². The summed E-state index contributed by atoms with van der Waals surface area (Å²) in [4.78, 5) is 2.22. The van der Waals surface area contributed by atoms with Crippen LogP contribution >= 0.6 is 11.6 Å². The van der Waals surface area contributed by atoms with Gasteiger partial charge in [-0.3, -0.25) is 10.00 Å². The molecule has 4 nitrogen and oxygen atoms in total. The van der Waals surface area contributed by atoms with Gasteiger partial charge in [0.05, 0.1) is 30.5 Å². The number of H-pyrrole nitrogens is 1. The summed E-state index contributed by atoms with van der Waals surface area (Å²) in [5, 5.41) is 8.54. The van der Waals surface area contributed by atoms with Crippen LogP contribution in [0.25, 0.3) is 10.9 Å². The quantitative estimate of drug-likeness (QED) is 0.923. The van der Waals surface area contributed by atoms with Crippen molar-refractivity contribution in [3.05, 3.63) is 28.9 Å². The zero-order valence-electron chi connectivity index (χ0n) is 12.5. The number of hydrogen-bond donors (Lipinski definition) is 1. The van der Waals surface area contributed by atoms with Crippen LogP contribution < -0.4 is 0 Å². The Bertz CT molecular complexity index is 700. The van der Waals surface area contributed by atoms with E-state index in [1.807, 2.05) is 12.1 Å². The fourth-order valence-corrected chi connectivity index (χ4v) is 3.90. The van der Waals surface area contributed by atoms with E-state index in [0.717, 1.165) is 29.4 Å². The summed E-state index contributed by atoms with van der Waals surface area (Å²) in [6.07, 6.45) is 1.60. The Morgan fingerprint density at radius 1 is 1.45 bits per heavy atom. The number of likely N-dealkylation sites (tertiary alicyclic amines) is 1. The van der Waals surface area contributed by atoms with Crippen molar-refractivity contribution < 1.29 is 9.13 Å². The Morgan fingerprint density at radius 3 is 2.95 bits per heavy atom. The zero-order chi connectivity index (χ0) is 15.3. The first-order valence-electron chi connectivity index (χ1n) is 7.66. The van der Waals surface area contributed by atoms with Gasteiger partial charge in [0.2, 0.25) is 0 Å². The highest BCUT2D eigenvalue weighted by Crippen LogP contribution is 2.39. The minimum atomic E-state index is -0.913. The Morgan fingerprint density at radius 2 is 2.27 bits per heavy atom. The number of fused-ring (bicyclic) bond motifs is 1. The van der Waals surface area contributed by atoms with Gasteiger partial charge in [0.25, 0.3) is 0 Å². The van der Waals surface area contributed by atoms with Gasteiger partial charge in [0, 0.05) is 22.9 Å². The lowest BCUT2D eigenvalue weighted by atomic mass is 9.84. The highest BCUT2D eigenvalue weighted by Gasteiger charge is 2.44. The predicted octanol–water partition coefficient (Wildman–Crippen LogP) is 3.13. The molecular weight excluding hydrogens is 305 g/mol. The second-order valence-electron chi connectivity index (χ2n) is 6.68. The van der Waals surface area contributed by atoms with Crippen molar-refractivity contribution in [1.29, 1.82) is 0 Å². The summed E-state index contributed by atoms with van der Waals surface area (Å²) < 4.78 is 20.1. The van der Waals surface area contributed by atoms with Crippen molar-refractivity contribution in [2.75, 3.05) is 26.3 Å². The Balaban J connectivity index is 1.58. The van der Waals surface area contributed by atoms with Crippen molar-refractivity contribution >= 4 is 22.5 Å². The van der Waals surface area contributed by atoms with E-state index in [9.17, 15) is 4.39 Å². The third-order valence-electron chi connectivity index (χ3n) is 5.09. The first-order chi connectivity index (χ1) is 10.6. The van der Waals surface area contributed by atoms with Gasteiger partial charge in [-0.1, -0.05) is 11.6 Å². The van der Waals surface area contributed by atoms with Gasteiger partial charge in [-0.25, -0.2) is 4.39 Å². The maximum atomic E-state index is 14.8. The fraction of sp³-hybridized carbons (Fsp3) is 0.562. The molecule has 0 aliphatic carbocycles. The van der Waals surface area contributed by atoms with E-state index in [2.05, 4.69) is 22.0 Å². The Labute approximate surface area is 133 Å². The van der Waals surface area contributed by atoms with Gasteiger partial charge in [0.1, 0.15) is 6.17 Å². The average molecular weight is 324 g/mol. The van der Waals surface area contributed by atoms with E-state index in [0.29, 0.717) is 24.8 Å². The molecule has 0 saturated carbocycles. The number of rotatable bonds is 2. The number of alkyl halides is 1. The maximum absolute atomic E-state index is 14.8. The van der Waals surface area contributed by atoms with Crippen LogP contribution in [0.5, 0.6) is 0 Å². The zero-order valence-corrected chi connectivity index (χ0v) is 13.2. The van der Waals surface area contributed by atoms with Gasteiger partial charge in [-0.05, 0) is 37.6 Å². The molecule has 1 N–H and O–H groups in total. The molecule has 2 aliphatic rings. The van der Waals surface area contributed by atoms with Crippen LogP contribution in [0.15, 0.2) is 18.3 Å². The number of nitrogens with one attached hydrogen (secondary N) is 1. The third kappa shape index (κ3) is 2.23. The largest absolute Gasteiger partial charge is 0.377 e. The molecule has 0 unspecified atom stereocenters. The van der Waals surface area contributed by atoms with Crippen LogP contribution in [0.4, 0.5) is 4.39 Å². The summed E-state index contributed by atoms with van der Waals surface area (Å²) in [6, 6.07) is 3.82. The molecule has 1 aromatic carbocycles. The van der Waals surface area contributed by atoms with E-state index in [4.69, 9.17) is 16.3 Å². The molecule has 2 fully saturated rings.